The molecule has 0 spiro atoms. The van der Waals surface area contributed by atoms with Gasteiger partial charge in [-0.3, -0.25) is 4.79 Å². The molecule has 0 atom stereocenters. The molecular formula is C14H14FNO. The van der Waals surface area contributed by atoms with Crippen LogP contribution in [-0.2, 0) is 12.8 Å². The Labute approximate surface area is 98.5 Å². The highest BCUT2D eigenvalue weighted by molar-refractivity contribution is 5.79. The summed E-state index contributed by atoms with van der Waals surface area (Å²) in [6, 6.07) is 4.33. The van der Waals surface area contributed by atoms with Crippen molar-refractivity contribution in [2.45, 2.75) is 32.1 Å². The van der Waals surface area contributed by atoms with E-state index in [0.717, 1.165) is 43.4 Å². The number of halogens is 1. The highest BCUT2D eigenvalue weighted by Crippen LogP contribution is 2.19. The fraction of sp³-hybridized carbons (Fsp3) is 0.357. The number of H-pyrrole nitrogens is 1. The first kappa shape index (κ1) is 10.5. The van der Waals surface area contributed by atoms with E-state index >= 15 is 0 Å². The van der Waals surface area contributed by atoms with E-state index in [1.54, 1.807) is 6.07 Å². The molecule has 88 valence electrons. The second-order valence-corrected chi connectivity index (χ2v) is 4.66. The Morgan fingerprint density at radius 2 is 1.94 bits per heavy atom. The number of fused-ring (bicyclic) bond motifs is 2. The third-order valence-electron chi connectivity index (χ3n) is 3.50. The molecule has 0 unspecified atom stereocenters. The average molecular weight is 231 g/mol. The van der Waals surface area contributed by atoms with Gasteiger partial charge >= 0.3 is 0 Å². The Morgan fingerprint density at radius 1 is 1.12 bits per heavy atom. The smallest absolute Gasteiger partial charge is 0.192 e. The minimum atomic E-state index is -0.304. The lowest BCUT2D eigenvalue weighted by atomic mass is 10.0. The normalized spacial score (nSPS) is 15.6. The summed E-state index contributed by atoms with van der Waals surface area (Å²) < 4.78 is 13.2. The summed E-state index contributed by atoms with van der Waals surface area (Å²) in [5, 5.41) is 0.604. The van der Waals surface area contributed by atoms with Crippen LogP contribution in [0.15, 0.2) is 23.0 Å². The van der Waals surface area contributed by atoms with Crippen molar-refractivity contribution in [3.63, 3.8) is 0 Å². The van der Waals surface area contributed by atoms with Crippen LogP contribution in [0.25, 0.3) is 10.9 Å². The van der Waals surface area contributed by atoms with Crippen LogP contribution in [-0.4, -0.2) is 4.98 Å². The van der Waals surface area contributed by atoms with E-state index in [1.165, 1.54) is 12.1 Å². The van der Waals surface area contributed by atoms with Gasteiger partial charge in [0.2, 0.25) is 0 Å². The van der Waals surface area contributed by atoms with Crippen molar-refractivity contribution in [1.29, 1.82) is 0 Å². The Bertz CT molecular complexity index is 630. The van der Waals surface area contributed by atoms with Crippen molar-refractivity contribution < 1.29 is 4.39 Å². The summed E-state index contributed by atoms with van der Waals surface area (Å²) in [7, 11) is 0. The fourth-order valence-electron chi connectivity index (χ4n) is 2.61. The molecule has 2 aromatic rings. The van der Waals surface area contributed by atoms with Gasteiger partial charge in [-0.1, -0.05) is 6.42 Å². The Morgan fingerprint density at radius 3 is 2.82 bits per heavy atom. The van der Waals surface area contributed by atoms with Crippen molar-refractivity contribution in [1.82, 2.24) is 4.98 Å². The second kappa shape index (κ2) is 3.99. The van der Waals surface area contributed by atoms with E-state index in [9.17, 15) is 9.18 Å². The van der Waals surface area contributed by atoms with Crippen LogP contribution in [0, 0.1) is 5.82 Å². The van der Waals surface area contributed by atoms with Crippen molar-refractivity contribution in [2.24, 2.45) is 0 Å². The molecule has 1 aromatic carbocycles. The number of hydrogen-bond donors (Lipinski definition) is 1. The van der Waals surface area contributed by atoms with Crippen molar-refractivity contribution >= 4 is 10.9 Å². The zero-order chi connectivity index (χ0) is 11.8. The van der Waals surface area contributed by atoms with Crippen LogP contribution in [0.5, 0.6) is 0 Å². The molecule has 1 heterocycles. The maximum absolute atomic E-state index is 13.2. The van der Waals surface area contributed by atoms with Crippen LogP contribution in [0.3, 0.4) is 0 Å². The van der Waals surface area contributed by atoms with Gasteiger partial charge in [-0.2, -0.15) is 0 Å². The zero-order valence-corrected chi connectivity index (χ0v) is 9.55. The summed E-state index contributed by atoms with van der Waals surface area (Å²) in [5.74, 6) is -0.304. The molecule has 0 saturated carbocycles. The van der Waals surface area contributed by atoms with Crippen LogP contribution in [0.1, 0.15) is 30.5 Å². The molecule has 1 aliphatic rings. The molecule has 0 radical (unpaired) electrons. The van der Waals surface area contributed by atoms with Gasteiger partial charge in [0.05, 0.1) is 5.52 Å². The van der Waals surface area contributed by atoms with E-state index in [2.05, 4.69) is 4.98 Å². The number of aromatic amines is 1. The topological polar surface area (TPSA) is 32.9 Å². The van der Waals surface area contributed by atoms with E-state index < -0.39 is 0 Å². The number of aryl methyl sites for hydroxylation is 1. The number of aromatic nitrogens is 1. The van der Waals surface area contributed by atoms with Gasteiger partial charge in [-0.25, -0.2) is 4.39 Å². The second-order valence-electron chi connectivity index (χ2n) is 4.66. The third-order valence-corrected chi connectivity index (χ3v) is 3.50. The molecule has 1 aromatic heterocycles. The highest BCUT2D eigenvalue weighted by atomic mass is 19.1. The molecule has 3 heteroatoms. The molecular weight excluding hydrogens is 217 g/mol. The average Bonchev–Trinajstić information content (AvgIpc) is 2.54. The Balaban J connectivity index is 2.33. The predicted molar refractivity (Wildman–Crippen MR) is 65.8 cm³/mol. The lowest BCUT2D eigenvalue weighted by Crippen LogP contribution is -2.14. The van der Waals surface area contributed by atoms with Crippen molar-refractivity contribution in [3.8, 4) is 0 Å². The number of benzene rings is 1. The quantitative estimate of drug-likeness (QED) is 0.695. The van der Waals surface area contributed by atoms with Crippen LogP contribution >= 0.6 is 0 Å². The molecule has 0 fully saturated rings. The van der Waals surface area contributed by atoms with Crippen LogP contribution in [0.4, 0.5) is 4.39 Å². The van der Waals surface area contributed by atoms with Crippen molar-refractivity contribution in [3.05, 3.63) is 45.5 Å². The standard InChI is InChI=1S/C14H14FNO/c15-9-6-7-11-13(8-9)16-12-5-3-1-2-4-10(12)14(11)17/h6-8H,1-5H2,(H,16,17). The molecule has 3 rings (SSSR count). The lowest BCUT2D eigenvalue weighted by Gasteiger charge is -2.07. The number of nitrogens with one attached hydrogen (secondary N) is 1. The van der Waals surface area contributed by atoms with Crippen LogP contribution in [0.2, 0.25) is 0 Å². The molecule has 1 N–H and O–H groups in total. The highest BCUT2D eigenvalue weighted by Gasteiger charge is 2.14. The van der Waals surface area contributed by atoms with E-state index in [0.29, 0.717) is 10.9 Å². The zero-order valence-electron chi connectivity index (χ0n) is 9.55. The summed E-state index contributed by atoms with van der Waals surface area (Å²) in [5.41, 5.74) is 2.61. The lowest BCUT2D eigenvalue weighted by molar-refractivity contribution is 0.629. The summed E-state index contributed by atoms with van der Waals surface area (Å²) in [6.45, 7) is 0. The van der Waals surface area contributed by atoms with Gasteiger partial charge in [0.25, 0.3) is 0 Å². The molecule has 0 saturated heterocycles. The summed E-state index contributed by atoms with van der Waals surface area (Å²) in [4.78, 5) is 15.5. The molecule has 1 aliphatic carbocycles. The van der Waals surface area contributed by atoms with Gasteiger partial charge in [0.1, 0.15) is 5.82 Å². The van der Waals surface area contributed by atoms with Gasteiger partial charge in [-0.15, -0.1) is 0 Å². The minimum Gasteiger partial charge on any atom is -0.358 e. The van der Waals surface area contributed by atoms with E-state index in [4.69, 9.17) is 0 Å². The Hall–Kier alpha value is -1.64. The van der Waals surface area contributed by atoms with Gasteiger partial charge in [0, 0.05) is 16.6 Å². The fourth-order valence-corrected chi connectivity index (χ4v) is 2.61. The van der Waals surface area contributed by atoms with E-state index in [-0.39, 0.29) is 11.2 Å². The SMILES string of the molecule is O=c1c2c([nH]c3cc(F)ccc13)CCCCC2. The van der Waals surface area contributed by atoms with Gasteiger partial charge < -0.3 is 4.98 Å². The monoisotopic (exact) mass is 231 g/mol. The number of hydrogen-bond acceptors (Lipinski definition) is 1. The number of rotatable bonds is 0. The van der Waals surface area contributed by atoms with E-state index in [1.807, 2.05) is 0 Å². The number of pyridine rings is 1. The summed E-state index contributed by atoms with van der Waals surface area (Å²) >= 11 is 0. The molecule has 0 bridgehead atoms. The maximum Gasteiger partial charge on any atom is 0.192 e. The maximum atomic E-state index is 13.2. The molecule has 0 amide bonds. The van der Waals surface area contributed by atoms with Crippen molar-refractivity contribution in [2.75, 3.05) is 0 Å². The Kier molecular flexibility index (Phi) is 2.46. The summed E-state index contributed by atoms with van der Waals surface area (Å²) in [6.07, 6.45) is 5.08. The molecule has 0 aliphatic heterocycles. The van der Waals surface area contributed by atoms with Crippen LogP contribution < -0.4 is 5.43 Å². The third kappa shape index (κ3) is 1.75. The van der Waals surface area contributed by atoms with Gasteiger partial charge in [0.15, 0.2) is 5.43 Å². The first-order valence-corrected chi connectivity index (χ1v) is 6.09. The first-order chi connectivity index (χ1) is 8.25. The van der Waals surface area contributed by atoms with Gasteiger partial charge in [-0.05, 0) is 43.9 Å². The minimum absolute atomic E-state index is 0.0793. The molecule has 17 heavy (non-hydrogen) atoms. The predicted octanol–water partition coefficient (Wildman–Crippen LogP) is 2.94. The first-order valence-electron chi connectivity index (χ1n) is 6.09. The largest absolute Gasteiger partial charge is 0.358 e. The molecule has 2 nitrogen and oxygen atoms in total.